The van der Waals surface area contributed by atoms with Crippen molar-refractivity contribution >= 4 is 38.2 Å². The number of hydrogen-bond acceptors (Lipinski definition) is 9. The van der Waals surface area contributed by atoms with Crippen LogP contribution in [0.15, 0.2) is 102 Å². The third-order valence-electron chi connectivity index (χ3n) is 8.76. The van der Waals surface area contributed by atoms with Crippen molar-refractivity contribution in [2.24, 2.45) is 0 Å². The van der Waals surface area contributed by atoms with Gasteiger partial charge >= 0.3 is 0 Å². The summed E-state index contributed by atoms with van der Waals surface area (Å²) in [5.41, 5.74) is 0.102. The molecule has 2 aliphatic rings. The van der Waals surface area contributed by atoms with Gasteiger partial charge in [0.15, 0.2) is 11.4 Å². The van der Waals surface area contributed by atoms with Crippen LogP contribution < -0.4 is 13.9 Å². The van der Waals surface area contributed by atoms with Gasteiger partial charge in [-0.15, -0.1) is 0 Å². The van der Waals surface area contributed by atoms with Crippen LogP contribution in [0.2, 0.25) is 0 Å². The van der Waals surface area contributed by atoms with Gasteiger partial charge in [0.25, 0.3) is 15.9 Å². The molecule has 2 aliphatic heterocycles. The molecule has 1 unspecified atom stereocenters. The van der Waals surface area contributed by atoms with Gasteiger partial charge in [-0.25, -0.2) is 17.1 Å². The standard InChI is InChI=1S/C35H29FN6O4S/c1-2-46-31-10-4-3-9-26(31)35(41-19-17-40(18-20-41)30-14-16-38-23-28(30)36)27-21-24(22-37)12-13-29(27)42(34(35)43)47(44,45)32-11-5-7-25-8-6-15-39-33(25)32/h3-16,21,23H,2,17-20H2,1H3. The number of benzene rings is 3. The van der Waals surface area contributed by atoms with Crippen LogP contribution in [0.4, 0.5) is 15.8 Å². The number of carbonyl (C=O) groups is 1. The number of nitriles is 1. The molecule has 10 nitrogen and oxygen atoms in total. The first-order valence-electron chi connectivity index (χ1n) is 15.1. The Morgan fingerprint density at radius 1 is 0.936 bits per heavy atom. The molecule has 236 valence electrons. The maximum atomic E-state index is 15.4. The number of fused-ring (bicyclic) bond motifs is 2. The van der Waals surface area contributed by atoms with Gasteiger partial charge in [-0.3, -0.25) is 19.7 Å². The zero-order valence-corrected chi connectivity index (χ0v) is 26.2. The Hall–Kier alpha value is -5.38. The minimum atomic E-state index is -4.55. The van der Waals surface area contributed by atoms with E-state index in [4.69, 9.17) is 4.74 Å². The van der Waals surface area contributed by atoms with Crippen LogP contribution in [0, 0.1) is 17.1 Å². The Morgan fingerprint density at radius 3 is 2.49 bits per heavy atom. The molecule has 3 aromatic carbocycles. The molecule has 5 aromatic rings. The van der Waals surface area contributed by atoms with Crippen molar-refractivity contribution in [2.75, 3.05) is 42.0 Å². The zero-order chi connectivity index (χ0) is 32.8. The largest absolute Gasteiger partial charge is 0.493 e. The number of rotatable bonds is 7. The average molecular weight is 649 g/mol. The number of halogens is 1. The van der Waals surface area contributed by atoms with E-state index < -0.39 is 27.3 Å². The van der Waals surface area contributed by atoms with E-state index in [1.807, 2.05) is 16.7 Å². The second kappa shape index (κ2) is 11.8. The van der Waals surface area contributed by atoms with E-state index in [2.05, 4.69) is 16.0 Å². The number of piperazine rings is 1. The number of ether oxygens (including phenoxy) is 1. The van der Waals surface area contributed by atoms with Crippen molar-refractivity contribution in [3.8, 4) is 11.8 Å². The molecule has 1 atom stereocenters. The minimum absolute atomic E-state index is 0.119. The molecule has 0 spiro atoms. The molecule has 1 fully saturated rings. The molecule has 1 saturated heterocycles. The molecular weight excluding hydrogens is 619 g/mol. The number of hydrogen-bond donors (Lipinski definition) is 0. The number of amides is 1. The fourth-order valence-electron chi connectivity index (χ4n) is 6.76. The lowest BCUT2D eigenvalue weighted by Crippen LogP contribution is -2.60. The highest BCUT2D eigenvalue weighted by molar-refractivity contribution is 7.93. The van der Waals surface area contributed by atoms with E-state index in [1.54, 1.807) is 60.7 Å². The molecule has 0 N–H and O–H groups in total. The van der Waals surface area contributed by atoms with Crippen LogP contribution in [-0.4, -0.2) is 62.0 Å². The van der Waals surface area contributed by atoms with Gasteiger partial charge in [0.2, 0.25) is 0 Å². The predicted molar refractivity (Wildman–Crippen MR) is 174 cm³/mol. The summed E-state index contributed by atoms with van der Waals surface area (Å²) < 4.78 is 51.2. The minimum Gasteiger partial charge on any atom is -0.493 e. The summed E-state index contributed by atoms with van der Waals surface area (Å²) in [6.07, 6.45) is 4.19. The van der Waals surface area contributed by atoms with Gasteiger partial charge in [-0.1, -0.05) is 36.4 Å². The second-order valence-corrected chi connectivity index (χ2v) is 12.9. The van der Waals surface area contributed by atoms with E-state index in [0.29, 0.717) is 47.6 Å². The molecule has 12 heteroatoms. The van der Waals surface area contributed by atoms with Crippen molar-refractivity contribution < 1.29 is 22.3 Å². The third kappa shape index (κ3) is 4.69. The second-order valence-electron chi connectivity index (χ2n) is 11.2. The molecule has 0 bridgehead atoms. The number of para-hydroxylation sites is 2. The Morgan fingerprint density at radius 2 is 1.72 bits per heavy atom. The maximum Gasteiger partial charge on any atom is 0.273 e. The van der Waals surface area contributed by atoms with Crippen LogP contribution in [-0.2, 0) is 20.4 Å². The number of anilines is 2. The quantitative estimate of drug-likeness (QED) is 0.244. The number of aromatic nitrogens is 2. The van der Waals surface area contributed by atoms with Crippen molar-refractivity contribution in [3.63, 3.8) is 0 Å². The molecule has 2 aromatic heterocycles. The van der Waals surface area contributed by atoms with Crippen LogP contribution in [0.1, 0.15) is 23.6 Å². The van der Waals surface area contributed by atoms with Crippen molar-refractivity contribution in [3.05, 3.63) is 120 Å². The summed E-state index contributed by atoms with van der Waals surface area (Å²) in [4.78, 5) is 27.3. The lowest BCUT2D eigenvalue weighted by Gasteiger charge is -2.46. The third-order valence-corrected chi connectivity index (χ3v) is 10.5. The molecule has 47 heavy (non-hydrogen) atoms. The average Bonchev–Trinajstić information content (AvgIpc) is 3.37. The van der Waals surface area contributed by atoms with Crippen molar-refractivity contribution in [2.45, 2.75) is 17.4 Å². The molecule has 0 saturated carbocycles. The lowest BCUT2D eigenvalue weighted by atomic mass is 9.80. The van der Waals surface area contributed by atoms with Gasteiger partial charge in [0.1, 0.15) is 10.6 Å². The number of nitrogens with zero attached hydrogens (tertiary/aromatic N) is 6. The summed E-state index contributed by atoms with van der Waals surface area (Å²) in [5.74, 6) is -0.782. The van der Waals surface area contributed by atoms with Crippen molar-refractivity contribution in [1.82, 2.24) is 14.9 Å². The highest BCUT2D eigenvalue weighted by Crippen LogP contribution is 2.53. The van der Waals surface area contributed by atoms with E-state index in [1.165, 1.54) is 30.6 Å². The van der Waals surface area contributed by atoms with E-state index in [0.717, 1.165) is 10.5 Å². The van der Waals surface area contributed by atoms with E-state index in [9.17, 15) is 18.1 Å². The van der Waals surface area contributed by atoms with Gasteiger partial charge in [-0.2, -0.15) is 5.26 Å². The van der Waals surface area contributed by atoms with Crippen LogP contribution in [0.5, 0.6) is 5.75 Å². The lowest BCUT2D eigenvalue weighted by molar-refractivity contribution is -0.127. The van der Waals surface area contributed by atoms with Gasteiger partial charge in [0, 0.05) is 55.1 Å². The van der Waals surface area contributed by atoms with Crippen LogP contribution >= 0.6 is 0 Å². The fourth-order valence-corrected chi connectivity index (χ4v) is 8.39. The highest BCUT2D eigenvalue weighted by atomic mass is 32.2. The van der Waals surface area contributed by atoms with Crippen LogP contribution in [0.25, 0.3) is 10.9 Å². The molecular formula is C35H29FN6O4S. The predicted octanol–water partition coefficient (Wildman–Crippen LogP) is 4.84. The number of carbonyl (C=O) groups excluding carboxylic acids is 1. The van der Waals surface area contributed by atoms with E-state index >= 15 is 4.79 Å². The smallest absolute Gasteiger partial charge is 0.273 e. The summed E-state index contributed by atoms with van der Waals surface area (Å²) in [6.45, 7) is 3.31. The Balaban J connectivity index is 1.45. The van der Waals surface area contributed by atoms with Gasteiger partial charge in [0.05, 0.1) is 41.3 Å². The fraction of sp³-hybridized carbons (Fsp3) is 0.200. The number of pyridine rings is 2. The Bertz CT molecular complexity index is 2180. The molecule has 0 radical (unpaired) electrons. The summed E-state index contributed by atoms with van der Waals surface area (Å²) in [6, 6.07) is 23.7. The van der Waals surface area contributed by atoms with Crippen LogP contribution in [0.3, 0.4) is 0 Å². The zero-order valence-electron chi connectivity index (χ0n) is 25.4. The molecule has 7 rings (SSSR count). The maximum absolute atomic E-state index is 15.4. The summed E-state index contributed by atoms with van der Waals surface area (Å²) in [7, 11) is -4.55. The topological polar surface area (TPSA) is 120 Å². The molecule has 4 heterocycles. The highest BCUT2D eigenvalue weighted by Gasteiger charge is 2.60. The summed E-state index contributed by atoms with van der Waals surface area (Å²) in [5, 5.41) is 10.6. The van der Waals surface area contributed by atoms with Gasteiger partial charge < -0.3 is 9.64 Å². The first-order chi connectivity index (χ1) is 22.8. The normalized spacial score (nSPS) is 18.3. The number of sulfonamides is 1. The SMILES string of the molecule is CCOc1ccccc1C1(N2CCN(c3ccncc3F)CC2)C(=O)N(S(=O)(=O)c2cccc3cccnc23)c2ccc(C#N)cc21. The monoisotopic (exact) mass is 648 g/mol. The Kier molecular flexibility index (Phi) is 7.58. The molecule has 1 amide bonds. The first kappa shape index (κ1) is 30.3. The Labute approximate surface area is 271 Å². The molecule has 0 aliphatic carbocycles. The first-order valence-corrected chi connectivity index (χ1v) is 16.6. The van der Waals surface area contributed by atoms with E-state index in [-0.39, 0.29) is 34.8 Å². The van der Waals surface area contributed by atoms with Crippen molar-refractivity contribution in [1.29, 1.82) is 5.26 Å². The summed E-state index contributed by atoms with van der Waals surface area (Å²) >= 11 is 0. The van der Waals surface area contributed by atoms with Gasteiger partial charge in [-0.05, 0) is 49.4 Å².